The van der Waals surface area contributed by atoms with E-state index in [1.807, 2.05) is 142 Å². The van der Waals surface area contributed by atoms with Crippen molar-refractivity contribution in [3.8, 4) is 22.7 Å². The number of carbonyl (C=O) groups excluding carboxylic acids is 7. The van der Waals surface area contributed by atoms with Crippen molar-refractivity contribution in [2.45, 2.75) is 96.0 Å². The zero-order chi connectivity index (χ0) is 90.9. The summed E-state index contributed by atoms with van der Waals surface area (Å²) in [6.45, 7) is 19.8. The first-order valence-corrected chi connectivity index (χ1v) is 45.9. The third-order valence-corrected chi connectivity index (χ3v) is 26.2. The molecule has 1 aliphatic carbocycles. The number of hydrogen-bond acceptors (Lipinski definition) is 26. The van der Waals surface area contributed by atoms with Crippen LogP contribution >= 0.6 is 0 Å². The van der Waals surface area contributed by atoms with Gasteiger partial charge in [0.15, 0.2) is 0 Å². The van der Waals surface area contributed by atoms with Crippen LogP contribution in [0.15, 0.2) is 213 Å². The number of carbonyl (C=O) groups is 7. The first kappa shape index (κ1) is 89.4. The number of aryl methyl sites for hydroxylation is 1. The largest absolute Gasteiger partial charge is 0.462 e. The second-order valence-corrected chi connectivity index (χ2v) is 34.8. The molecule has 34 nitrogen and oxygen atoms in total. The van der Waals surface area contributed by atoms with E-state index in [2.05, 4.69) is 112 Å². The second-order valence-electron chi connectivity index (χ2n) is 34.8. The molecule has 4 amide bonds. The van der Waals surface area contributed by atoms with E-state index >= 15 is 0 Å². The lowest BCUT2D eigenvalue weighted by atomic mass is 9.96. The van der Waals surface area contributed by atoms with Gasteiger partial charge in [-0.15, -0.1) is 0 Å². The topological polar surface area (TPSA) is 348 Å². The third kappa shape index (κ3) is 22.7. The molecule has 0 spiro atoms. The number of benzene rings is 7. The predicted molar refractivity (Wildman–Crippen MR) is 490 cm³/mol. The van der Waals surface area contributed by atoms with Crippen LogP contribution in [-0.4, -0.2) is 305 Å². The molecule has 4 fully saturated rings. The number of piperazine rings is 4. The Labute approximate surface area is 769 Å². The maximum Gasteiger partial charge on any atom is 0.338 e. The summed E-state index contributed by atoms with van der Waals surface area (Å²) in [6.07, 6.45) is 23.3. The Bertz CT molecular complexity index is 6160. The number of pyridine rings is 1. The highest BCUT2D eigenvalue weighted by molar-refractivity contribution is 5.94. The molecule has 0 radical (unpaired) electrons. The predicted octanol–water partition coefficient (Wildman–Crippen LogP) is 7.73. The Balaban J connectivity index is 0.000000119. The van der Waals surface area contributed by atoms with Crippen molar-refractivity contribution in [1.29, 1.82) is 0 Å². The van der Waals surface area contributed by atoms with E-state index in [1.54, 1.807) is 50.2 Å². The highest BCUT2D eigenvalue weighted by Gasteiger charge is 2.35. The van der Waals surface area contributed by atoms with Crippen LogP contribution in [0.5, 0.6) is 0 Å². The summed E-state index contributed by atoms with van der Waals surface area (Å²) in [5.41, 5.74) is 20.7. The Hall–Kier alpha value is -14.2. The molecular weight excluding hydrogens is 1690 g/mol. The van der Waals surface area contributed by atoms with Crippen molar-refractivity contribution in [2.75, 3.05) is 144 Å². The number of hydrogen-bond donors (Lipinski definition) is 0. The lowest BCUT2D eigenvalue weighted by molar-refractivity contribution is -0.135. The van der Waals surface area contributed by atoms with Crippen LogP contribution in [0.1, 0.15) is 117 Å². The SMILES string of the molecule is CC1Cc2cc(CCN3CCN(C(=O)Cc4ccc(-n5cncn5)cc4)CC3)ccc2C(=O)O1.O=C(Cc1ccc(-n2cncn2)cn1)N1CCN(CCc2ccc3nonc3c2)CC1.O=C1OCCc2cc(CCN3CCN(C(=O)C4CCc5cc(-n6cncn6)ccc54)CC3)ccc21.O=C1OCCc2cc(CCN3CCN(C(=O)Cc4ccc(-n5cncn5)cc4)CC3)ccc21. The van der Waals surface area contributed by atoms with Crippen LogP contribution in [0.3, 0.4) is 0 Å². The molecule has 0 bridgehead atoms. The highest BCUT2D eigenvalue weighted by atomic mass is 16.6. The number of amides is 4. The van der Waals surface area contributed by atoms with Gasteiger partial charge in [0.2, 0.25) is 23.6 Å². The van der Waals surface area contributed by atoms with Crippen LogP contribution in [0.25, 0.3) is 33.8 Å². The maximum atomic E-state index is 13.4. The summed E-state index contributed by atoms with van der Waals surface area (Å²) in [7, 11) is 0. The molecule has 0 N–H and O–H groups in total. The Morgan fingerprint density at radius 3 is 1.23 bits per heavy atom. The minimum Gasteiger partial charge on any atom is -0.462 e. The van der Waals surface area contributed by atoms with Crippen LogP contribution in [0.2, 0.25) is 0 Å². The summed E-state index contributed by atoms with van der Waals surface area (Å²) in [5, 5.41) is 24.3. The molecule has 2 atom stereocenters. The Morgan fingerprint density at radius 1 is 0.368 bits per heavy atom. The number of fused-ring (bicyclic) bond motifs is 5. The number of esters is 3. The van der Waals surface area contributed by atoms with E-state index in [4.69, 9.17) is 18.8 Å². The van der Waals surface area contributed by atoms with E-state index in [9.17, 15) is 33.6 Å². The first-order valence-electron chi connectivity index (χ1n) is 45.9. The van der Waals surface area contributed by atoms with Gasteiger partial charge in [-0.25, -0.2) is 57.7 Å². The maximum absolute atomic E-state index is 13.4. The Morgan fingerprint density at radius 2 is 0.767 bits per heavy atom. The number of cyclic esters (lactones) is 3. The lowest BCUT2D eigenvalue weighted by Gasteiger charge is -2.36. The van der Waals surface area contributed by atoms with Gasteiger partial charge < -0.3 is 33.8 Å². The average Bonchev–Trinajstić information content (AvgIpc) is 1.65. The highest BCUT2D eigenvalue weighted by Crippen LogP contribution is 2.37. The molecule has 0 saturated carbocycles. The summed E-state index contributed by atoms with van der Waals surface area (Å²) < 4.78 is 27.1. The molecule has 13 heterocycles. The van der Waals surface area contributed by atoms with Crippen molar-refractivity contribution < 1.29 is 52.4 Å². The standard InChI is InChI=1S/C27H29N5O3.C26H29N5O3.C25H27N5O3.C21H22N8O2/c33-26(25-5-2-20-16-22(3-6-23(20)25)32-18-28-17-29-32)31-12-10-30(11-13-31)9-7-19-1-4-24-21(15-19)8-14-35-27(24)34;1-19-14-22-15-21(4-7-24(22)26(33)34-19)8-9-29-10-12-30(13-11-29)25(32)16-20-2-5-23(6-3-20)31-18-27-17-28-31;31-24(16-19-1-4-22(5-2-19)30-18-26-17-27-30)29-12-10-28(11-13-29)9-7-20-3-6-23-21(15-20)8-14-33-25(23)32;30-21(12-17-2-3-18(13-23-17)29-15-22-14-24-29)28-9-7-27(8-10-28)6-5-16-1-4-19-20(11-16)26-31-25-19/h1,3-4,6,15-18,25H,2,5,7-14H2;2-7,15,17-19H,8-14,16H2,1H3;1-6,15,17-18H,7-14,16H2;1-4,11,13-15H,5-10,12H2. The minimum absolute atomic E-state index is 0.0384. The second kappa shape index (κ2) is 42.3. The van der Waals surface area contributed by atoms with Gasteiger partial charge in [-0.2, -0.15) is 20.4 Å². The summed E-state index contributed by atoms with van der Waals surface area (Å²) in [5.74, 6) is 0.0429. The van der Waals surface area contributed by atoms with Gasteiger partial charge in [-0.3, -0.25) is 43.8 Å². The zero-order valence-electron chi connectivity index (χ0n) is 74.6. The number of aromatic nitrogens is 15. The summed E-state index contributed by atoms with van der Waals surface area (Å²) in [6, 6.07) is 50.0. The van der Waals surface area contributed by atoms with Gasteiger partial charge in [0.25, 0.3) is 0 Å². The molecule has 7 aromatic carbocycles. The molecule has 684 valence electrons. The van der Waals surface area contributed by atoms with Crippen molar-refractivity contribution in [3.63, 3.8) is 0 Å². The summed E-state index contributed by atoms with van der Waals surface area (Å²) >= 11 is 0. The van der Waals surface area contributed by atoms with Gasteiger partial charge in [-0.1, -0.05) is 72.8 Å². The minimum atomic E-state index is -0.216. The van der Waals surface area contributed by atoms with E-state index in [-0.39, 0.29) is 53.6 Å². The van der Waals surface area contributed by atoms with Gasteiger partial charge in [-0.05, 0) is 196 Å². The molecule has 6 aromatic heterocycles. The van der Waals surface area contributed by atoms with E-state index < -0.39 is 0 Å². The molecule has 8 aliphatic rings. The smallest absolute Gasteiger partial charge is 0.338 e. The summed E-state index contributed by atoms with van der Waals surface area (Å²) in [4.78, 5) is 125. The van der Waals surface area contributed by atoms with Crippen molar-refractivity contribution >= 4 is 52.6 Å². The zero-order valence-corrected chi connectivity index (χ0v) is 74.6. The van der Waals surface area contributed by atoms with E-state index in [0.717, 1.165) is 262 Å². The quantitative estimate of drug-likeness (QED) is 0.0436. The van der Waals surface area contributed by atoms with Gasteiger partial charge in [0.05, 0.1) is 84.0 Å². The molecule has 133 heavy (non-hydrogen) atoms. The average molecular weight is 1800 g/mol. The van der Waals surface area contributed by atoms with Gasteiger partial charge in [0, 0.05) is 156 Å². The van der Waals surface area contributed by atoms with E-state index in [1.165, 1.54) is 53.1 Å². The lowest BCUT2D eigenvalue weighted by Crippen LogP contribution is -2.50. The number of nitrogens with zero attached hydrogens (tertiary/aromatic N) is 23. The van der Waals surface area contributed by atoms with Crippen LogP contribution < -0.4 is 0 Å². The van der Waals surface area contributed by atoms with Crippen LogP contribution in [0, 0.1) is 0 Å². The molecular formula is C99H107N23O11. The van der Waals surface area contributed by atoms with E-state index in [0.29, 0.717) is 49.2 Å². The van der Waals surface area contributed by atoms with Crippen LogP contribution in [0.4, 0.5) is 0 Å². The Kier molecular flexibility index (Phi) is 28.5. The van der Waals surface area contributed by atoms with Crippen molar-refractivity contribution in [3.05, 3.63) is 292 Å². The van der Waals surface area contributed by atoms with Crippen molar-refractivity contribution in [1.82, 2.24) is 114 Å². The van der Waals surface area contributed by atoms with Gasteiger partial charge in [0.1, 0.15) is 67.8 Å². The normalized spacial score (nSPS) is 17.5. The molecule has 21 rings (SSSR count). The molecule has 34 heteroatoms. The van der Waals surface area contributed by atoms with Crippen molar-refractivity contribution in [2.24, 2.45) is 0 Å². The number of rotatable bonds is 23. The third-order valence-electron chi connectivity index (χ3n) is 26.2. The fraction of sp³-hybridized carbons (Fsp3) is 0.374. The number of ether oxygens (including phenoxy) is 3. The molecule has 4 saturated heterocycles. The molecule has 13 aromatic rings. The first-order chi connectivity index (χ1) is 65.1. The fourth-order valence-electron chi connectivity index (χ4n) is 18.5. The van der Waals surface area contributed by atoms with Crippen LogP contribution in [-0.2, 0) is 104 Å². The molecule has 2 unspecified atom stereocenters. The van der Waals surface area contributed by atoms with Gasteiger partial charge >= 0.3 is 17.9 Å². The fourth-order valence-corrected chi connectivity index (χ4v) is 18.5. The molecule has 7 aliphatic heterocycles. The monoisotopic (exact) mass is 1790 g/mol.